The van der Waals surface area contributed by atoms with Crippen molar-refractivity contribution in [2.75, 3.05) is 0 Å². The summed E-state index contributed by atoms with van der Waals surface area (Å²) in [6, 6.07) is 0.491. The Morgan fingerprint density at radius 2 is 1.79 bits per heavy atom. The normalized spacial score (nSPS) is 23.8. The van der Waals surface area contributed by atoms with Crippen LogP contribution in [0.5, 0.6) is 0 Å². The van der Waals surface area contributed by atoms with Gasteiger partial charge in [-0.3, -0.25) is 4.99 Å². The van der Waals surface area contributed by atoms with Gasteiger partial charge >= 0.3 is 0 Å². The summed E-state index contributed by atoms with van der Waals surface area (Å²) in [5, 5.41) is 0. The largest absolute Gasteiger partial charge is 0.293 e. The molecule has 1 heteroatoms. The molecule has 0 spiro atoms. The molecule has 19 heavy (non-hydrogen) atoms. The highest BCUT2D eigenvalue weighted by molar-refractivity contribution is 5.65. The Labute approximate surface area is 119 Å². The van der Waals surface area contributed by atoms with Crippen LogP contribution in [0.3, 0.4) is 0 Å². The highest BCUT2D eigenvalue weighted by Gasteiger charge is 2.14. The summed E-state index contributed by atoms with van der Waals surface area (Å²) in [6.07, 6.45) is 21.2. The van der Waals surface area contributed by atoms with Crippen LogP contribution in [-0.2, 0) is 0 Å². The van der Waals surface area contributed by atoms with E-state index in [2.05, 4.69) is 51.3 Å². The van der Waals surface area contributed by atoms with Crippen LogP contribution in [0.2, 0.25) is 0 Å². The zero-order chi connectivity index (χ0) is 14.0. The highest BCUT2D eigenvalue weighted by Crippen LogP contribution is 2.20. The molecule has 1 rings (SSSR count). The second kappa shape index (κ2) is 9.12. The zero-order valence-electron chi connectivity index (χ0n) is 13.1. The van der Waals surface area contributed by atoms with Gasteiger partial charge in [-0.05, 0) is 32.1 Å². The van der Waals surface area contributed by atoms with Crippen LogP contribution in [0.25, 0.3) is 0 Å². The van der Waals surface area contributed by atoms with E-state index in [1.807, 2.05) is 0 Å². The first-order chi connectivity index (χ1) is 9.14. The first-order valence-electron chi connectivity index (χ1n) is 7.98. The monoisotopic (exact) mass is 261 g/mol. The van der Waals surface area contributed by atoms with E-state index in [0.29, 0.717) is 6.04 Å². The molecule has 1 heterocycles. The van der Waals surface area contributed by atoms with Crippen molar-refractivity contribution in [2.24, 2.45) is 10.4 Å². The van der Waals surface area contributed by atoms with E-state index in [9.17, 15) is 0 Å². The minimum absolute atomic E-state index is 0.197. The lowest BCUT2D eigenvalue weighted by atomic mass is 9.90. The van der Waals surface area contributed by atoms with Crippen molar-refractivity contribution in [3.8, 4) is 0 Å². The third kappa shape index (κ3) is 8.02. The van der Waals surface area contributed by atoms with Crippen molar-refractivity contribution in [2.45, 2.75) is 78.2 Å². The number of hydrogen-bond donors (Lipinski definition) is 0. The molecule has 0 radical (unpaired) electrons. The Morgan fingerprint density at radius 3 is 2.53 bits per heavy atom. The summed E-state index contributed by atoms with van der Waals surface area (Å²) in [5.41, 5.74) is 0.197. The average molecular weight is 261 g/mol. The van der Waals surface area contributed by atoms with Crippen molar-refractivity contribution >= 4 is 6.21 Å². The predicted molar refractivity (Wildman–Crippen MR) is 87.0 cm³/mol. The van der Waals surface area contributed by atoms with Crippen molar-refractivity contribution in [3.05, 3.63) is 24.3 Å². The molecule has 1 atom stereocenters. The van der Waals surface area contributed by atoms with Crippen LogP contribution in [0.4, 0.5) is 0 Å². The van der Waals surface area contributed by atoms with Gasteiger partial charge in [-0.1, -0.05) is 64.3 Å². The van der Waals surface area contributed by atoms with Crippen LogP contribution in [-0.4, -0.2) is 12.3 Å². The molecule has 0 bridgehead atoms. The molecular weight excluding hydrogens is 230 g/mol. The van der Waals surface area contributed by atoms with Gasteiger partial charge in [0.2, 0.25) is 0 Å². The molecule has 0 N–H and O–H groups in total. The molecule has 0 aromatic heterocycles. The smallest absolute Gasteiger partial charge is 0.0530 e. The summed E-state index contributed by atoms with van der Waals surface area (Å²) in [4.78, 5) is 4.87. The molecule has 0 aromatic rings. The molecule has 1 aliphatic heterocycles. The van der Waals surface area contributed by atoms with Gasteiger partial charge in [0.15, 0.2) is 0 Å². The zero-order valence-corrected chi connectivity index (χ0v) is 13.1. The maximum absolute atomic E-state index is 4.87. The fourth-order valence-corrected chi connectivity index (χ4v) is 2.31. The number of unbranched alkanes of at least 4 members (excludes halogenated alkanes) is 2. The maximum atomic E-state index is 4.87. The lowest BCUT2D eigenvalue weighted by molar-refractivity contribution is 0.523. The van der Waals surface area contributed by atoms with Crippen molar-refractivity contribution in [1.82, 2.24) is 0 Å². The summed E-state index contributed by atoms with van der Waals surface area (Å²) in [5.74, 6) is 0. The quantitative estimate of drug-likeness (QED) is 0.453. The van der Waals surface area contributed by atoms with Gasteiger partial charge in [0, 0.05) is 11.6 Å². The Morgan fingerprint density at radius 1 is 1.05 bits per heavy atom. The van der Waals surface area contributed by atoms with E-state index in [-0.39, 0.29) is 5.41 Å². The summed E-state index contributed by atoms with van der Waals surface area (Å²) in [6.45, 7) is 6.83. The molecule has 1 aliphatic rings. The average Bonchev–Trinajstić information content (AvgIpc) is 2.37. The second-order valence-corrected chi connectivity index (χ2v) is 6.38. The van der Waals surface area contributed by atoms with Crippen LogP contribution < -0.4 is 0 Å². The number of allylic oxidation sites excluding steroid dienone is 3. The van der Waals surface area contributed by atoms with E-state index in [4.69, 9.17) is 4.99 Å². The molecule has 0 aliphatic carbocycles. The van der Waals surface area contributed by atoms with Gasteiger partial charge in [0.05, 0.1) is 6.04 Å². The molecule has 0 aromatic carbocycles. The molecule has 1 unspecified atom stereocenters. The molecule has 1 nitrogen and oxygen atoms in total. The van der Waals surface area contributed by atoms with Crippen molar-refractivity contribution < 1.29 is 0 Å². The SMILES string of the molecule is CCCCCC1CC=CCCC=CCC(C)(C)C=N1. The lowest BCUT2D eigenvalue weighted by Crippen LogP contribution is -2.15. The first kappa shape index (κ1) is 16.2. The van der Waals surface area contributed by atoms with E-state index >= 15 is 0 Å². The van der Waals surface area contributed by atoms with Crippen molar-refractivity contribution in [3.63, 3.8) is 0 Å². The molecular formula is C18H31N. The fraction of sp³-hybridized carbons (Fsp3) is 0.722. The number of hydrogen-bond acceptors (Lipinski definition) is 1. The number of rotatable bonds is 4. The van der Waals surface area contributed by atoms with Gasteiger partial charge in [0.1, 0.15) is 0 Å². The number of nitrogens with zero attached hydrogens (tertiary/aromatic N) is 1. The van der Waals surface area contributed by atoms with E-state index in [1.54, 1.807) is 0 Å². The van der Waals surface area contributed by atoms with Gasteiger partial charge in [0.25, 0.3) is 0 Å². The van der Waals surface area contributed by atoms with Gasteiger partial charge in [-0.15, -0.1) is 0 Å². The third-order valence-corrected chi connectivity index (χ3v) is 3.66. The first-order valence-corrected chi connectivity index (χ1v) is 7.98. The molecule has 0 amide bonds. The summed E-state index contributed by atoms with van der Waals surface area (Å²) < 4.78 is 0. The topological polar surface area (TPSA) is 12.4 Å². The second-order valence-electron chi connectivity index (χ2n) is 6.38. The van der Waals surface area contributed by atoms with E-state index < -0.39 is 0 Å². The van der Waals surface area contributed by atoms with Gasteiger partial charge in [-0.2, -0.15) is 0 Å². The van der Waals surface area contributed by atoms with Gasteiger partial charge in [-0.25, -0.2) is 0 Å². The Kier molecular flexibility index (Phi) is 7.78. The maximum Gasteiger partial charge on any atom is 0.0530 e. The predicted octanol–water partition coefficient (Wildman–Crippen LogP) is 5.72. The molecule has 0 fully saturated rings. The fourth-order valence-electron chi connectivity index (χ4n) is 2.31. The Hall–Kier alpha value is -0.850. The minimum Gasteiger partial charge on any atom is -0.293 e. The van der Waals surface area contributed by atoms with Crippen LogP contribution in [0.15, 0.2) is 29.3 Å². The van der Waals surface area contributed by atoms with Gasteiger partial charge < -0.3 is 0 Å². The van der Waals surface area contributed by atoms with Crippen LogP contribution >= 0.6 is 0 Å². The lowest BCUT2D eigenvalue weighted by Gasteiger charge is -2.19. The standard InChI is InChI=1S/C18H31N/c1-4-5-10-13-17-14-11-8-6-7-9-12-15-18(2,3)16-19-17/h8-9,11-12,16-17H,4-7,10,13-15H2,1-3H3. The summed E-state index contributed by atoms with van der Waals surface area (Å²) in [7, 11) is 0. The third-order valence-electron chi connectivity index (χ3n) is 3.66. The molecule has 0 saturated heterocycles. The molecule has 0 saturated carbocycles. The molecule has 108 valence electrons. The number of aliphatic imine (C=N–C) groups is 1. The van der Waals surface area contributed by atoms with Crippen LogP contribution in [0.1, 0.15) is 72.1 Å². The van der Waals surface area contributed by atoms with E-state index in [0.717, 1.165) is 12.8 Å². The minimum atomic E-state index is 0.197. The Bertz CT molecular complexity index is 310. The highest BCUT2D eigenvalue weighted by atomic mass is 14.8. The van der Waals surface area contributed by atoms with E-state index in [1.165, 1.54) is 38.5 Å². The van der Waals surface area contributed by atoms with Crippen molar-refractivity contribution in [1.29, 1.82) is 0 Å². The van der Waals surface area contributed by atoms with Crippen LogP contribution in [0, 0.1) is 5.41 Å². The summed E-state index contributed by atoms with van der Waals surface area (Å²) >= 11 is 0. The Balaban J connectivity index is 2.63.